The van der Waals surface area contributed by atoms with E-state index in [1.54, 1.807) is 0 Å². The number of unbranched alkanes of at least 4 members (excludes halogenated alkanes) is 52. The largest absolute Gasteiger partial charge is 0.466 e. The van der Waals surface area contributed by atoms with Crippen LogP contribution in [0.3, 0.4) is 0 Å². The van der Waals surface area contributed by atoms with Gasteiger partial charge in [-0.2, -0.15) is 0 Å². The van der Waals surface area contributed by atoms with Crippen LogP contribution in [0.1, 0.15) is 399 Å². The van der Waals surface area contributed by atoms with E-state index in [2.05, 4.69) is 43.5 Å². The van der Waals surface area contributed by atoms with Gasteiger partial charge in [-0.3, -0.25) is 9.59 Å². The van der Waals surface area contributed by atoms with Gasteiger partial charge in [0.1, 0.15) is 0 Å². The number of amides is 1. The lowest BCUT2D eigenvalue weighted by molar-refractivity contribution is -0.143. The monoisotopic (exact) mass is 1100 g/mol. The van der Waals surface area contributed by atoms with Gasteiger partial charge in [0.05, 0.1) is 25.4 Å². The van der Waals surface area contributed by atoms with Crippen molar-refractivity contribution in [3.8, 4) is 0 Å². The third kappa shape index (κ3) is 63.5. The Labute approximate surface area is 488 Å². The molecule has 1 amide bonds. The molecule has 78 heavy (non-hydrogen) atoms. The Hall–Kier alpha value is -1.66. The van der Waals surface area contributed by atoms with Gasteiger partial charge in [0, 0.05) is 12.8 Å². The van der Waals surface area contributed by atoms with E-state index < -0.39 is 12.1 Å². The highest BCUT2D eigenvalue weighted by molar-refractivity contribution is 5.76. The van der Waals surface area contributed by atoms with Crippen molar-refractivity contribution in [1.29, 1.82) is 0 Å². The molecule has 2 unspecified atom stereocenters. The van der Waals surface area contributed by atoms with E-state index >= 15 is 0 Å². The molecule has 0 aromatic rings. The summed E-state index contributed by atoms with van der Waals surface area (Å²) >= 11 is 0. The third-order valence-corrected chi connectivity index (χ3v) is 16.7. The topological polar surface area (TPSA) is 95.9 Å². The lowest BCUT2D eigenvalue weighted by Crippen LogP contribution is -2.45. The molecule has 462 valence electrons. The number of hydrogen-bond donors (Lipinski definition) is 3. The zero-order valence-corrected chi connectivity index (χ0v) is 52.9. The van der Waals surface area contributed by atoms with Crippen molar-refractivity contribution in [2.45, 2.75) is 411 Å². The van der Waals surface area contributed by atoms with Crippen LogP contribution >= 0.6 is 0 Å². The van der Waals surface area contributed by atoms with Crippen LogP contribution in [0.2, 0.25) is 0 Å². The summed E-state index contributed by atoms with van der Waals surface area (Å²) in [4.78, 5) is 24.6. The maximum Gasteiger partial charge on any atom is 0.305 e. The molecule has 6 nitrogen and oxygen atoms in total. The number of hydrogen-bond acceptors (Lipinski definition) is 5. The van der Waals surface area contributed by atoms with Gasteiger partial charge >= 0.3 is 5.97 Å². The average Bonchev–Trinajstić information content (AvgIpc) is 3.44. The first-order chi connectivity index (χ1) is 38.5. The minimum absolute atomic E-state index is 0.00796. The molecule has 3 N–H and O–H groups in total. The zero-order valence-electron chi connectivity index (χ0n) is 52.9. The molecule has 0 aliphatic heterocycles. The van der Waals surface area contributed by atoms with Crippen LogP contribution < -0.4 is 5.32 Å². The van der Waals surface area contributed by atoms with E-state index in [9.17, 15) is 19.8 Å². The fourth-order valence-electron chi connectivity index (χ4n) is 11.3. The fraction of sp³-hybridized carbons (Fsp3) is 0.917. The molecule has 0 saturated heterocycles. The van der Waals surface area contributed by atoms with Gasteiger partial charge in [-0.05, 0) is 77.0 Å². The predicted octanol–water partition coefficient (Wildman–Crippen LogP) is 22.9. The van der Waals surface area contributed by atoms with Crippen LogP contribution in [-0.4, -0.2) is 47.4 Å². The van der Waals surface area contributed by atoms with Crippen molar-refractivity contribution in [2.24, 2.45) is 0 Å². The molecule has 0 heterocycles. The van der Waals surface area contributed by atoms with Crippen LogP contribution in [0, 0.1) is 0 Å². The van der Waals surface area contributed by atoms with Crippen molar-refractivity contribution in [3.05, 3.63) is 24.3 Å². The summed E-state index contributed by atoms with van der Waals surface area (Å²) < 4.78 is 5.49. The van der Waals surface area contributed by atoms with Gasteiger partial charge in [-0.15, -0.1) is 0 Å². The summed E-state index contributed by atoms with van der Waals surface area (Å²) in [6.07, 6.45) is 85.1. The molecule has 0 aromatic heterocycles. The molecule has 0 fully saturated rings. The molecular formula is C72H139NO5. The molecule has 0 aliphatic rings. The second-order valence-corrected chi connectivity index (χ2v) is 24.6. The number of carbonyl (C=O) groups is 2. The van der Waals surface area contributed by atoms with Gasteiger partial charge < -0.3 is 20.3 Å². The first-order valence-electron chi connectivity index (χ1n) is 35.6. The molecule has 0 saturated carbocycles. The Morgan fingerprint density at radius 3 is 0.910 bits per heavy atom. The number of carbonyl (C=O) groups excluding carboxylic acids is 2. The summed E-state index contributed by atoms with van der Waals surface area (Å²) in [6.45, 7) is 4.98. The van der Waals surface area contributed by atoms with E-state index in [-0.39, 0.29) is 18.5 Å². The smallest absolute Gasteiger partial charge is 0.305 e. The number of nitrogens with one attached hydrogen (secondary N) is 1. The maximum atomic E-state index is 12.5. The van der Waals surface area contributed by atoms with Crippen LogP contribution in [-0.2, 0) is 14.3 Å². The van der Waals surface area contributed by atoms with Crippen LogP contribution in [0.4, 0.5) is 0 Å². The summed E-state index contributed by atoms with van der Waals surface area (Å²) in [5.74, 6) is -0.0239. The van der Waals surface area contributed by atoms with Crippen LogP contribution in [0.5, 0.6) is 0 Å². The minimum atomic E-state index is -0.665. The SMILES string of the molecule is CCCCCCCC/C=C\CCCCCCCC(=O)OCCCCCCCCCCCCCC/C=C\CCCCCCCCCCCCCC(=O)NC(CO)C(O)CCCCCCCCCCCCCCCCCCCCC. The quantitative estimate of drug-likeness (QED) is 0.0320. The second kappa shape index (κ2) is 67.8. The maximum absolute atomic E-state index is 12.5. The van der Waals surface area contributed by atoms with E-state index in [0.29, 0.717) is 25.9 Å². The zero-order chi connectivity index (χ0) is 56.4. The molecule has 0 aliphatic carbocycles. The predicted molar refractivity (Wildman–Crippen MR) is 343 cm³/mol. The molecule has 0 bridgehead atoms. The van der Waals surface area contributed by atoms with Gasteiger partial charge in [-0.1, -0.05) is 334 Å². The van der Waals surface area contributed by atoms with Crippen molar-refractivity contribution in [1.82, 2.24) is 5.32 Å². The first-order valence-corrected chi connectivity index (χ1v) is 35.6. The number of esters is 1. The number of aliphatic hydroxyl groups excluding tert-OH is 2. The molecular weight excluding hydrogens is 959 g/mol. The van der Waals surface area contributed by atoms with Crippen molar-refractivity contribution < 1.29 is 24.5 Å². The van der Waals surface area contributed by atoms with Crippen molar-refractivity contribution in [2.75, 3.05) is 13.2 Å². The first kappa shape index (κ1) is 76.3. The van der Waals surface area contributed by atoms with Gasteiger partial charge in [0.2, 0.25) is 5.91 Å². The highest BCUT2D eigenvalue weighted by Gasteiger charge is 2.20. The molecule has 0 rings (SSSR count). The lowest BCUT2D eigenvalue weighted by Gasteiger charge is -2.22. The highest BCUT2D eigenvalue weighted by Crippen LogP contribution is 2.19. The minimum Gasteiger partial charge on any atom is -0.466 e. The Bertz CT molecular complexity index is 1220. The summed E-state index contributed by atoms with van der Waals surface area (Å²) in [5.41, 5.74) is 0. The average molecular weight is 1100 g/mol. The van der Waals surface area contributed by atoms with E-state index in [1.165, 1.54) is 321 Å². The number of ether oxygens (including phenoxy) is 1. The third-order valence-electron chi connectivity index (χ3n) is 16.7. The van der Waals surface area contributed by atoms with Gasteiger partial charge in [-0.25, -0.2) is 0 Å². The number of allylic oxidation sites excluding steroid dienone is 4. The normalized spacial score (nSPS) is 12.6. The van der Waals surface area contributed by atoms with Crippen LogP contribution in [0.15, 0.2) is 24.3 Å². The Morgan fingerprint density at radius 1 is 0.346 bits per heavy atom. The van der Waals surface area contributed by atoms with Crippen LogP contribution in [0.25, 0.3) is 0 Å². The molecule has 6 heteroatoms. The van der Waals surface area contributed by atoms with E-state index in [1.807, 2.05) is 0 Å². The summed E-state index contributed by atoms with van der Waals surface area (Å²) in [5, 5.41) is 23.4. The Morgan fingerprint density at radius 2 is 0.603 bits per heavy atom. The summed E-state index contributed by atoms with van der Waals surface area (Å²) in [6, 6.07) is -0.543. The fourth-order valence-corrected chi connectivity index (χ4v) is 11.3. The Kier molecular flexibility index (Phi) is 66.4. The van der Waals surface area contributed by atoms with Gasteiger partial charge in [0.15, 0.2) is 0 Å². The Balaban J connectivity index is 3.38. The number of aliphatic hydroxyl groups is 2. The lowest BCUT2D eigenvalue weighted by atomic mass is 10.0. The molecule has 0 aromatic carbocycles. The van der Waals surface area contributed by atoms with E-state index in [0.717, 1.165) is 44.9 Å². The van der Waals surface area contributed by atoms with Crippen molar-refractivity contribution in [3.63, 3.8) is 0 Å². The highest BCUT2D eigenvalue weighted by atomic mass is 16.5. The number of rotatable bonds is 67. The summed E-state index contributed by atoms with van der Waals surface area (Å²) in [7, 11) is 0. The second-order valence-electron chi connectivity index (χ2n) is 24.6. The van der Waals surface area contributed by atoms with E-state index in [4.69, 9.17) is 4.74 Å². The van der Waals surface area contributed by atoms with Gasteiger partial charge in [0.25, 0.3) is 0 Å². The molecule has 0 radical (unpaired) electrons. The molecule has 2 atom stereocenters. The standard InChI is InChI=1S/C72H139NO5/c1-3-5-7-9-11-13-15-17-19-20-30-33-37-40-44-48-52-56-60-64-70(75)69(68-74)73-71(76)65-61-57-53-49-45-41-38-34-31-28-26-24-22-21-23-25-27-29-32-35-39-43-47-51-55-59-63-67-78-72(77)66-62-58-54-50-46-42-36-18-16-14-12-10-8-6-4-2/h18,21-22,36,69-70,74-75H,3-17,19-20,23-35,37-68H2,1-2H3,(H,73,76)/b22-21-,36-18-. The van der Waals surface area contributed by atoms with Crippen molar-refractivity contribution >= 4 is 11.9 Å². The molecule has 0 spiro atoms.